The van der Waals surface area contributed by atoms with Crippen LogP contribution in [0.1, 0.15) is 6.92 Å². The van der Waals surface area contributed by atoms with Crippen LogP contribution in [0.15, 0.2) is 0 Å². The van der Waals surface area contributed by atoms with Gasteiger partial charge in [0, 0.05) is 6.26 Å². The lowest BCUT2D eigenvalue weighted by molar-refractivity contribution is 0.479. The molecule has 1 atom stereocenters. The molecule has 0 aromatic heterocycles. The molecule has 0 bridgehead atoms. The lowest BCUT2D eigenvalue weighted by Crippen LogP contribution is -2.25. The molecule has 0 heterocycles. The SMILES string of the molecule is CC(S(C)(=O)=O)S(=O)(=O)O. The van der Waals surface area contributed by atoms with Gasteiger partial charge in [0.15, 0.2) is 14.4 Å². The van der Waals surface area contributed by atoms with Gasteiger partial charge >= 0.3 is 0 Å². The molecule has 0 rings (SSSR count). The first-order valence-corrected chi connectivity index (χ1v) is 5.76. The van der Waals surface area contributed by atoms with E-state index >= 15 is 0 Å². The fraction of sp³-hybridized carbons (Fsp3) is 1.00. The maximum absolute atomic E-state index is 10.4. The van der Waals surface area contributed by atoms with Gasteiger partial charge in [-0.2, -0.15) is 8.42 Å². The minimum absolute atomic E-state index is 0.742. The average Bonchev–Trinajstić information content (AvgIpc) is 1.59. The smallest absolute Gasteiger partial charge is 0.282 e. The Morgan fingerprint density at radius 3 is 1.50 bits per heavy atom. The number of sulfone groups is 1. The van der Waals surface area contributed by atoms with Gasteiger partial charge in [0.05, 0.1) is 0 Å². The van der Waals surface area contributed by atoms with E-state index in [-0.39, 0.29) is 0 Å². The van der Waals surface area contributed by atoms with Crippen molar-refractivity contribution in [2.75, 3.05) is 6.26 Å². The van der Waals surface area contributed by atoms with E-state index in [1.807, 2.05) is 0 Å². The number of rotatable bonds is 2. The molecule has 0 spiro atoms. The molecule has 0 aliphatic heterocycles. The Hall–Kier alpha value is -0.140. The first kappa shape index (κ1) is 9.86. The highest BCUT2D eigenvalue weighted by Crippen LogP contribution is 2.04. The summed E-state index contributed by atoms with van der Waals surface area (Å²) in [7, 11) is -8.15. The van der Waals surface area contributed by atoms with Crippen molar-refractivity contribution in [3.05, 3.63) is 0 Å². The standard InChI is InChI=1S/C3H8O5S2/c1-3(9(2,4)5)10(6,7)8/h3H,1-2H3,(H,6,7,8). The Kier molecular flexibility index (Phi) is 2.44. The molecule has 62 valence electrons. The van der Waals surface area contributed by atoms with E-state index in [0.717, 1.165) is 13.2 Å². The minimum atomic E-state index is -4.45. The first-order chi connectivity index (χ1) is 4.15. The van der Waals surface area contributed by atoms with Crippen molar-refractivity contribution in [3.63, 3.8) is 0 Å². The zero-order valence-corrected chi connectivity index (χ0v) is 7.11. The highest BCUT2D eigenvalue weighted by molar-refractivity contribution is 8.06. The van der Waals surface area contributed by atoms with Gasteiger partial charge in [-0.25, -0.2) is 8.42 Å². The molecule has 7 heteroatoms. The van der Waals surface area contributed by atoms with Gasteiger partial charge in [-0.05, 0) is 6.92 Å². The molecule has 1 unspecified atom stereocenters. The molecule has 0 aromatic rings. The molecule has 10 heavy (non-hydrogen) atoms. The van der Waals surface area contributed by atoms with Crippen LogP contribution in [0, 0.1) is 0 Å². The molecule has 0 fully saturated rings. The third kappa shape index (κ3) is 2.63. The highest BCUT2D eigenvalue weighted by Gasteiger charge is 2.27. The van der Waals surface area contributed by atoms with Crippen molar-refractivity contribution in [2.45, 2.75) is 11.5 Å². The number of hydrogen-bond acceptors (Lipinski definition) is 4. The second-order valence-corrected chi connectivity index (χ2v) is 6.31. The van der Waals surface area contributed by atoms with Crippen molar-refractivity contribution in [1.29, 1.82) is 0 Å². The van der Waals surface area contributed by atoms with Gasteiger partial charge in [-0.15, -0.1) is 0 Å². The molecular weight excluding hydrogens is 180 g/mol. The quantitative estimate of drug-likeness (QED) is 0.577. The summed E-state index contributed by atoms with van der Waals surface area (Å²) in [5.74, 6) is 0. The molecule has 0 radical (unpaired) electrons. The maximum Gasteiger partial charge on any atom is 0.282 e. The van der Waals surface area contributed by atoms with Crippen molar-refractivity contribution < 1.29 is 21.4 Å². The summed E-state index contributed by atoms with van der Waals surface area (Å²) in [6.45, 7) is 0.907. The fourth-order valence-corrected chi connectivity index (χ4v) is 1.99. The van der Waals surface area contributed by atoms with Crippen LogP contribution in [-0.2, 0) is 20.0 Å². The average molecular weight is 188 g/mol. The van der Waals surface area contributed by atoms with E-state index < -0.39 is 24.5 Å². The normalized spacial score (nSPS) is 16.7. The summed E-state index contributed by atoms with van der Waals surface area (Å²) in [5, 5.41) is 0. The minimum Gasteiger partial charge on any atom is -0.285 e. The van der Waals surface area contributed by atoms with E-state index in [9.17, 15) is 16.8 Å². The maximum atomic E-state index is 10.4. The molecular formula is C3H8O5S2. The summed E-state index contributed by atoms with van der Waals surface area (Å²) in [6, 6.07) is 0. The lowest BCUT2D eigenvalue weighted by Gasteiger charge is -2.02. The first-order valence-electron chi connectivity index (χ1n) is 2.31. The van der Waals surface area contributed by atoms with Crippen molar-refractivity contribution in [2.24, 2.45) is 0 Å². The largest absolute Gasteiger partial charge is 0.285 e. The van der Waals surface area contributed by atoms with Gasteiger partial charge in [0.25, 0.3) is 10.1 Å². The third-order valence-corrected chi connectivity index (χ3v) is 4.85. The topological polar surface area (TPSA) is 88.5 Å². The van der Waals surface area contributed by atoms with Crippen molar-refractivity contribution >= 4 is 20.0 Å². The van der Waals surface area contributed by atoms with Crippen LogP contribution < -0.4 is 0 Å². The van der Waals surface area contributed by atoms with Crippen molar-refractivity contribution in [3.8, 4) is 0 Å². The summed E-state index contributed by atoms with van der Waals surface area (Å²) in [6.07, 6.45) is 0.742. The second kappa shape index (κ2) is 2.48. The van der Waals surface area contributed by atoms with Crippen molar-refractivity contribution in [1.82, 2.24) is 0 Å². The van der Waals surface area contributed by atoms with Gasteiger partial charge < -0.3 is 0 Å². The predicted molar refractivity (Wildman–Crippen MR) is 35.9 cm³/mol. The number of hydrogen-bond donors (Lipinski definition) is 1. The predicted octanol–water partition coefficient (Wildman–Crippen LogP) is -0.735. The molecule has 0 aliphatic rings. The zero-order valence-electron chi connectivity index (χ0n) is 5.47. The molecule has 0 saturated heterocycles. The van der Waals surface area contributed by atoms with E-state index in [4.69, 9.17) is 4.55 Å². The Labute approximate surface area is 59.7 Å². The second-order valence-electron chi connectivity index (χ2n) is 1.91. The Morgan fingerprint density at radius 1 is 1.20 bits per heavy atom. The van der Waals surface area contributed by atoms with Crippen LogP contribution in [0.2, 0.25) is 0 Å². The summed E-state index contributed by atoms with van der Waals surface area (Å²) < 4.78 is 47.7. The monoisotopic (exact) mass is 188 g/mol. The van der Waals surface area contributed by atoms with Crippen LogP contribution in [0.3, 0.4) is 0 Å². The van der Waals surface area contributed by atoms with Crippen LogP contribution in [0.25, 0.3) is 0 Å². The van der Waals surface area contributed by atoms with Gasteiger partial charge in [0.1, 0.15) is 0 Å². The van der Waals surface area contributed by atoms with Crippen LogP contribution in [-0.4, -0.2) is 32.2 Å². The Bertz CT molecular complexity index is 264. The summed E-state index contributed by atoms with van der Waals surface area (Å²) >= 11 is 0. The Balaban J connectivity index is 4.94. The summed E-state index contributed by atoms with van der Waals surface area (Å²) in [4.78, 5) is 0. The third-order valence-electron chi connectivity index (χ3n) is 1.02. The molecule has 5 nitrogen and oxygen atoms in total. The Morgan fingerprint density at radius 2 is 1.50 bits per heavy atom. The molecule has 0 aliphatic carbocycles. The van der Waals surface area contributed by atoms with Crippen LogP contribution in [0.4, 0.5) is 0 Å². The van der Waals surface area contributed by atoms with Crippen LogP contribution in [0.5, 0.6) is 0 Å². The molecule has 0 amide bonds. The molecule has 1 N–H and O–H groups in total. The fourth-order valence-electron chi connectivity index (χ4n) is 0.221. The van der Waals surface area contributed by atoms with E-state index in [1.165, 1.54) is 0 Å². The van der Waals surface area contributed by atoms with E-state index in [1.54, 1.807) is 0 Å². The zero-order chi connectivity index (χ0) is 8.58. The lowest BCUT2D eigenvalue weighted by atomic mass is 11.0. The van der Waals surface area contributed by atoms with E-state index in [2.05, 4.69) is 0 Å². The molecule has 0 aromatic carbocycles. The highest BCUT2D eigenvalue weighted by atomic mass is 32.3. The van der Waals surface area contributed by atoms with Gasteiger partial charge in [-0.1, -0.05) is 0 Å². The van der Waals surface area contributed by atoms with Gasteiger partial charge in [0.2, 0.25) is 0 Å². The molecule has 0 saturated carbocycles. The van der Waals surface area contributed by atoms with Gasteiger partial charge in [-0.3, -0.25) is 4.55 Å². The van der Waals surface area contributed by atoms with E-state index in [0.29, 0.717) is 0 Å². The summed E-state index contributed by atoms with van der Waals surface area (Å²) in [5.41, 5.74) is 0. The van der Waals surface area contributed by atoms with Crippen LogP contribution >= 0.6 is 0 Å².